The van der Waals surface area contributed by atoms with Gasteiger partial charge in [0, 0.05) is 39.7 Å². The Bertz CT molecular complexity index is 1230. The standard InChI is InChI=1S/C30H55N9O14/c1-17(42)32-22-26(46)24(44)20(13-40)52-28(22)50-9-7-48-5-3-37-12-19-11-31-15-30(39(19)36-37)16-38(35-34-30)4-6-49-8-10-51-29-23(33-18(2)43)27(47)25(45)21(14-41)53-29/h12,20-29,31,34-36,40-41,44-47H,3-11,13-16H2,1-2H3,(H,32,42)(H,33,43). The SMILES string of the molecule is CC(=O)NC1C(OCCOCCN2C=C3CNCC4(CN(CCOCCOC5OC(CO)C(O)C(O)C5NC(C)=O)NN4)N3N2)OC(CO)C(O)C1O. The van der Waals surface area contributed by atoms with Crippen LogP contribution in [0.1, 0.15) is 13.8 Å². The predicted molar refractivity (Wildman–Crippen MR) is 177 cm³/mol. The van der Waals surface area contributed by atoms with E-state index in [1.54, 1.807) is 0 Å². The molecule has 0 radical (unpaired) electrons. The number of hydrogen-bond acceptors (Lipinski definition) is 21. The number of hydrazine groups is 4. The van der Waals surface area contributed by atoms with Gasteiger partial charge >= 0.3 is 0 Å². The molecule has 0 aromatic carbocycles. The lowest BCUT2D eigenvalue weighted by atomic mass is 9.97. The number of piperazine rings is 1. The molecule has 0 aromatic heterocycles. The minimum absolute atomic E-state index is 0.0751. The second-order valence-electron chi connectivity index (χ2n) is 13.4. The van der Waals surface area contributed by atoms with Crippen molar-refractivity contribution in [1.29, 1.82) is 0 Å². The van der Waals surface area contributed by atoms with Gasteiger partial charge < -0.3 is 75.0 Å². The molecule has 1 spiro atoms. The van der Waals surface area contributed by atoms with Crippen LogP contribution in [0, 0.1) is 0 Å². The van der Waals surface area contributed by atoms with Gasteiger partial charge in [-0.15, -0.1) is 5.53 Å². The van der Waals surface area contributed by atoms with Crippen molar-refractivity contribution in [2.45, 2.75) is 80.8 Å². The second kappa shape index (κ2) is 19.5. The summed E-state index contributed by atoms with van der Waals surface area (Å²) in [5.74, 6) is -0.867. The molecule has 0 aromatic rings. The molecule has 4 fully saturated rings. The van der Waals surface area contributed by atoms with Crippen molar-refractivity contribution in [3.05, 3.63) is 11.9 Å². The number of hydrogen-bond donors (Lipinski definition) is 12. The zero-order valence-electron chi connectivity index (χ0n) is 29.8. The van der Waals surface area contributed by atoms with Gasteiger partial charge in [0.2, 0.25) is 11.8 Å². The second-order valence-corrected chi connectivity index (χ2v) is 13.4. The number of amides is 2. The average Bonchev–Trinajstić information content (AvgIpc) is 3.74. The van der Waals surface area contributed by atoms with E-state index < -0.39 is 92.0 Å². The lowest BCUT2D eigenvalue weighted by molar-refractivity contribution is -0.272. The van der Waals surface area contributed by atoms with Crippen molar-refractivity contribution in [3.63, 3.8) is 0 Å². The van der Waals surface area contributed by atoms with Crippen LogP contribution in [0.5, 0.6) is 0 Å². The quantitative estimate of drug-likeness (QED) is 0.0577. The monoisotopic (exact) mass is 765 g/mol. The number of fused-ring (bicyclic) bond motifs is 2. The third kappa shape index (κ3) is 10.5. The number of aliphatic hydroxyl groups is 6. The molecule has 11 atom stereocenters. The van der Waals surface area contributed by atoms with E-state index in [1.807, 2.05) is 16.2 Å². The largest absolute Gasteiger partial charge is 0.394 e. The first-order valence-corrected chi connectivity index (χ1v) is 17.7. The summed E-state index contributed by atoms with van der Waals surface area (Å²) >= 11 is 0. The number of nitrogens with one attached hydrogen (secondary N) is 6. The molecule has 23 nitrogen and oxygen atoms in total. The first-order valence-electron chi connectivity index (χ1n) is 17.7. The summed E-state index contributed by atoms with van der Waals surface area (Å²) in [4.78, 5) is 23.2. The summed E-state index contributed by atoms with van der Waals surface area (Å²) in [7, 11) is 0. The van der Waals surface area contributed by atoms with Gasteiger partial charge in [0.25, 0.3) is 0 Å². The maximum atomic E-state index is 11.6. The number of rotatable bonds is 18. The number of carbonyl (C=O) groups excluding carboxylic acids is 2. The summed E-state index contributed by atoms with van der Waals surface area (Å²) in [5.41, 5.74) is 10.5. The van der Waals surface area contributed by atoms with Gasteiger partial charge in [-0.2, -0.15) is 5.53 Å². The Morgan fingerprint density at radius 3 is 1.91 bits per heavy atom. The normalized spacial score (nSPS) is 36.1. The molecule has 0 bridgehead atoms. The molecule has 11 unspecified atom stereocenters. The number of nitrogens with zero attached hydrogens (tertiary/aromatic N) is 3. The molecule has 23 heteroatoms. The molecular weight excluding hydrogens is 710 g/mol. The topological polar surface area (TPSA) is 293 Å². The molecule has 5 aliphatic rings. The van der Waals surface area contributed by atoms with Gasteiger partial charge in [0.05, 0.1) is 71.6 Å². The number of aliphatic hydroxyl groups excluding tert-OH is 6. The number of ether oxygens (including phenoxy) is 6. The number of carbonyl (C=O) groups is 2. The van der Waals surface area contributed by atoms with Crippen LogP contribution in [-0.2, 0) is 38.0 Å². The highest BCUT2D eigenvalue weighted by molar-refractivity contribution is 5.73. The zero-order valence-corrected chi connectivity index (χ0v) is 29.8. The van der Waals surface area contributed by atoms with Gasteiger partial charge in [0.1, 0.15) is 54.4 Å². The Balaban J connectivity index is 0.978. The average molecular weight is 766 g/mol. The maximum Gasteiger partial charge on any atom is 0.217 e. The molecule has 5 heterocycles. The lowest BCUT2D eigenvalue weighted by Gasteiger charge is -2.44. The van der Waals surface area contributed by atoms with Crippen molar-refractivity contribution in [2.75, 3.05) is 85.6 Å². The third-order valence-electron chi connectivity index (χ3n) is 9.37. The Hall–Kier alpha value is -2.40. The predicted octanol–water partition coefficient (Wildman–Crippen LogP) is -7.56. The highest BCUT2D eigenvalue weighted by atomic mass is 16.7. The first kappa shape index (κ1) is 41.8. The van der Waals surface area contributed by atoms with Gasteiger partial charge in [-0.1, -0.05) is 0 Å². The van der Waals surface area contributed by atoms with Gasteiger partial charge in [-0.05, 0) is 0 Å². The van der Waals surface area contributed by atoms with Gasteiger partial charge in [0.15, 0.2) is 12.6 Å². The van der Waals surface area contributed by atoms with Crippen molar-refractivity contribution >= 4 is 11.8 Å². The Morgan fingerprint density at radius 1 is 0.830 bits per heavy atom. The molecule has 5 rings (SSSR count). The minimum atomic E-state index is -1.39. The molecule has 2 amide bonds. The van der Waals surface area contributed by atoms with E-state index in [0.717, 1.165) is 5.70 Å². The maximum absolute atomic E-state index is 11.6. The fourth-order valence-corrected chi connectivity index (χ4v) is 6.70. The third-order valence-corrected chi connectivity index (χ3v) is 9.37. The Kier molecular flexibility index (Phi) is 15.3. The highest BCUT2D eigenvalue weighted by Gasteiger charge is 2.49. The summed E-state index contributed by atoms with van der Waals surface area (Å²) < 4.78 is 34.0. The van der Waals surface area contributed by atoms with Crippen LogP contribution in [0.2, 0.25) is 0 Å². The van der Waals surface area contributed by atoms with Crippen LogP contribution < -0.4 is 32.4 Å². The van der Waals surface area contributed by atoms with E-state index in [-0.39, 0.29) is 26.4 Å². The van der Waals surface area contributed by atoms with Crippen molar-refractivity contribution < 1.29 is 68.6 Å². The lowest BCUT2D eigenvalue weighted by Crippen LogP contribution is -2.70. The molecule has 53 heavy (non-hydrogen) atoms. The Morgan fingerprint density at radius 2 is 1.38 bits per heavy atom. The summed E-state index contributed by atoms with van der Waals surface area (Å²) in [6.45, 7) is 5.64. The van der Waals surface area contributed by atoms with Crippen LogP contribution in [0.25, 0.3) is 0 Å². The van der Waals surface area contributed by atoms with Crippen LogP contribution in [0.4, 0.5) is 0 Å². The summed E-state index contributed by atoms with van der Waals surface area (Å²) in [6.07, 6.45) is -7.85. The van der Waals surface area contributed by atoms with Crippen molar-refractivity contribution in [1.82, 2.24) is 47.5 Å². The first-order chi connectivity index (χ1) is 25.5. The van der Waals surface area contributed by atoms with E-state index in [9.17, 15) is 40.2 Å². The van der Waals surface area contributed by atoms with Crippen LogP contribution in [0.3, 0.4) is 0 Å². The molecule has 12 N–H and O–H groups in total. The molecule has 304 valence electrons. The van der Waals surface area contributed by atoms with Crippen LogP contribution in [0.15, 0.2) is 11.9 Å². The molecular formula is C30H55N9O14. The van der Waals surface area contributed by atoms with Crippen LogP contribution in [-0.4, -0.2) is 210 Å². The van der Waals surface area contributed by atoms with Crippen molar-refractivity contribution in [2.24, 2.45) is 0 Å². The van der Waals surface area contributed by atoms with E-state index in [1.165, 1.54) is 13.8 Å². The zero-order chi connectivity index (χ0) is 38.1. The van der Waals surface area contributed by atoms with Crippen molar-refractivity contribution in [3.8, 4) is 0 Å². The molecule has 0 saturated carbocycles. The van der Waals surface area contributed by atoms with E-state index >= 15 is 0 Å². The highest BCUT2D eigenvalue weighted by Crippen LogP contribution is 2.27. The minimum Gasteiger partial charge on any atom is -0.394 e. The molecule has 5 aliphatic heterocycles. The smallest absolute Gasteiger partial charge is 0.217 e. The van der Waals surface area contributed by atoms with E-state index in [0.29, 0.717) is 45.9 Å². The molecule has 0 aliphatic carbocycles. The fourth-order valence-electron chi connectivity index (χ4n) is 6.70. The Labute approximate surface area is 306 Å². The van der Waals surface area contributed by atoms with Gasteiger partial charge in [-0.25, -0.2) is 10.4 Å². The molecule has 4 saturated heterocycles. The van der Waals surface area contributed by atoms with E-state index in [4.69, 9.17) is 28.4 Å². The van der Waals surface area contributed by atoms with Crippen LogP contribution >= 0.6 is 0 Å². The summed E-state index contributed by atoms with van der Waals surface area (Å²) in [6, 6.07) is -2.04. The summed E-state index contributed by atoms with van der Waals surface area (Å²) in [5, 5.41) is 74.5. The van der Waals surface area contributed by atoms with E-state index in [2.05, 4.69) is 37.5 Å². The fraction of sp³-hybridized carbons (Fsp3) is 0.867. The van der Waals surface area contributed by atoms with Gasteiger partial charge in [-0.3, -0.25) is 19.6 Å².